The molecule has 16 heavy (non-hydrogen) atoms. The lowest BCUT2D eigenvalue weighted by Gasteiger charge is -2.19. The van der Waals surface area contributed by atoms with Gasteiger partial charge in [-0.25, -0.2) is 0 Å². The zero-order valence-electron chi connectivity index (χ0n) is 11.3. The third kappa shape index (κ3) is 8.19. The molecule has 0 amide bonds. The monoisotopic (exact) mass is 341 g/mol. The Hall–Kier alpha value is 0. The van der Waals surface area contributed by atoms with Gasteiger partial charge in [0.2, 0.25) is 0 Å². The van der Waals surface area contributed by atoms with E-state index in [0.717, 1.165) is 24.8 Å². The van der Waals surface area contributed by atoms with Gasteiger partial charge >= 0.3 is 0 Å². The number of nitrogens with one attached hydrogen (secondary N) is 2. The standard InChI is InChI=1S/C12H27N3.HI/c1-6-10(4)15-12(13-5)14-9-11(7-2)8-3;/h10-11H,6-9H2,1-5H3,(H2,13,14,15);1H. The lowest BCUT2D eigenvalue weighted by atomic mass is 10.0. The van der Waals surface area contributed by atoms with Crippen molar-refractivity contribution in [3.63, 3.8) is 0 Å². The Morgan fingerprint density at radius 3 is 2.06 bits per heavy atom. The second-order valence-corrected chi connectivity index (χ2v) is 4.09. The highest BCUT2D eigenvalue weighted by Crippen LogP contribution is 2.04. The van der Waals surface area contributed by atoms with Crippen molar-refractivity contribution in [2.24, 2.45) is 10.9 Å². The summed E-state index contributed by atoms with van der Waals surface area (Å²) in [6.45, 7) is 9.83. The molecule has 2 N–H and O–H groups in total. The van der Waals surface area contributed by atoms with Crippen LogP contribution in [-0.2, 0) is 0 Å². The predicted molar refractivity (Wildman–Crippen MR) is 83.7 cm³/mol. The first kappa shape index (κ1) is 18.4. The highest BCUT2D eigenvalue weighted by Gasteiger charge is 2.06. The molecule has 0 aliphatic heterocycles. The van der Waals surface area contributed by atoms with Crippen molar-refractivity contribution in [1.82, 2.24) is 10.6 Å². The maximum Gasteiger partial charge on any atom is 0.191 e. The molecule has 4 heteroatoms. The summed E-state index contributed by atoms with van der Waals surface area (Å²) in [6, 6.07) is 0.484. The van der Waals surface area contributed by atoms with Gasteiger partial charge in [-0.15, -0.1) is 24.0 Å². The Balaban J connectivity index is 0. The van der Waals surface area contributed by atoms with Gasteiger partial charge in [-0.3, -0.25) is 4.99 Å². The van der Waals surface area contributed by atoms with Crippen molar-refractivity contribution >= 4 is 29.9 Å². The summed E-state index contributed by atoms with van der Waals surface area (Å²) in [7, 11) is 1.82. The first-order valence-corrected chi connectivity index (χ1v) is 6.14. The van der Waals surface area contributed by atoms with Crippen LogP contribution in [-0.4, -0.2) is 25.6 Å². The number of guanidine groups is 1. The van der Waals surface area contributed by atoms with E-state index in [4.69, 9.17) is 0 Å². The lowest BCUT2D eigenvalue weighted by Crippen LogP contribution is -2.43. The van der Waals surface area contributed by atoms with Crippen molar-refractivity contribution < 1.29 is 0 Å². The topological polar surface area (TPSA) is 36.4 Å². The van der Waals surface area contributed by atoms with Gasteiger partial charge in [-0.2, -0.15) is 0 Å². The van der Waals surface area contributed by atoms with Crippen LogP contribution < -0.4 is 10.6 Å². The van der Waals surface area contributed by atoms with E-state index in [-0.39, 0.29) is 24.0 Å². The molecular weight excluding hydrogens is 313 g/mol. The summed E-state index contributed by atoms with van der Waals surface area (Å²) < 4.78 is 0. The highest BCUT2D eigenvalue weighted by molar-refractivity contribution is 14.0. The quantitative estimate of drug-likeness (QED) is 0.443. The fourth-order valence-corrected chi connectivity index (χ4v) is 1.35. The molecule has 1 unspecified atom stereocenters. The molecule has 3 nitrogen and oxygen atoms in total. The van der Waals surface area contributed by atoms with Crippen molar-refractivity contribution in [3.8, 4) is 0 Å². The molecule has 0 aliphatic carbocycles. The van der Waals surface area contributed by atoms with Gasteiger partial charge in [0.25, 0.3) is 0 Å². The third-order valence-corrected chi connectivity index (χ3v) is 2.93. The van der Waals surface area contributed by atoms with Crippen LogP contribution in [0.3, 0.4) is 0 Å². The third-order valence-electron chi connectivity index (χ3n) is 2.93. The number of hydrogen-bond donors (Lipinski definition) is 2. The van der Waals surface area contributed by atoms with Crippen molar-refractivity contribution in [3.05, 3.63) is 0 Å². The molecule has 0 radical (unpaired) electrons. The minimum Gasteiger partial charge on any atom is -0.356 e. The Morgan fingerprint density at radius 1 is 1.12 bits per heavy atom. The molecule has 0 bridgehead atoms. The molecule has 1 atom stereocenters. The summed E-state index contributed by atoms with van der Waals surface area (Å²) in [6.07, 6.45) is 3.57. The van der Waals surface area contributed by atoms with Gasteiger partial charge in [0.1, 0.15) is 0 Å². The highest BCUT2D eigenvalue weighted by atomic mass is 127. The van der Waals surface area contributed by atoms with Crippen LogP contribution in [0.2, 0.25) is 0 Å². The Bertz CT molecular complexity index is 179. The van der Waals surface area contributed by atoms with E-state index in [1.165, 1.54) is 12.8 Å². The summed E-state index contributed by atoms with van der Waals surface area (Å²) in [5, 5.41) is 6.73. The van der Waals surface area contributed by atoms with Crippen LogP contribution in [0, 0.1) is 5.92 Å². The van der Waals surface area contributed by atoms with E-state index in [1.807, 2.05) is 7.05 Å². The van der Waals surface area contributed by atoms with Crippen LogP contribution in [0.15, 0.2) is 4.99 Å². The zero-order chi connectivity index (χ0) is 11.7. The zero-order valence-corrected chi connectivity index (χ0v) is 13.7. The van der Waals surface area contributed by atoms with E-state index in [1.54, 1.807) is 0 Å². The number of hydrogen-bond acceptors (Lipinski definition) is 1. The SMILES string of the molecule is CCC(CC)CNC(=NC)NC(C)CC.I. The van der Waals surface area contributed by atoms with Gasteiger partial charge in [0.05, 0.1) is 0 Å². The van der Waals surface area contributed by atoms with Crippen LogP contribution in [0.4, 0.5) is 0 Å². The number of rotatable bonds is 6. The van der Waals surface area contributed by atoms with E-state index >= 15 is 0 Å². The van der Waals surface area contributed by atoms with E-state index in [2.05, 4.69) is 43.3 Å². The molecule has 0 heterocycles. The number of nitrogens with zero attached hydrogens (tertiary/aromatic N) is 1. The lowest BCUT2D eigenvalue weighted by molar-refractivity contribution is 0.478. The van der Waals surface area contributed by atoms with Crippen molar-refractivity contribution in [1.29, 1.82) is 0 Å². The van der Waals surface area contributed by atoms with Gasteiger partial charge < -0.3 is 10.6 Å². The predicted octanol–water partition coefficient (Wildman–Crippen LogP) is 3.00. The summed E-state index contributed by atoms with van der Waals surface area (Å²) in [4.78, 5) is 4.21. The van der Waals surface area contributed by atoms with E-state index < -0.39 is 0 Å². The molecule has 0 fully saturated rings. The normalized spacial score (nSPS) is 13.2. The minimum atomic E-state index is 0. The van der Waals surface area contributed by atoms with Gasteiger partial charge in [-0.1, -0.05) is 33.6 Å². The molecule has 0 spiro atoms. The fraction of sp³-hybridized carbons (Fsp3) is 0.917. The molecule has 0 saturated heterocycles. The van der Waals surface area contributed by atoms with Crippen LogP contribution in [0.5, 0.6) is 0 Å². The molecule has 0 rings (SSSR count). The fourth-order valence-electron chi connectivity index (χ4n) is 1.35. The van der Waals surface area contributed by atoms with Crippen molar-refractivity contribution in [2.45, 2.75) is 53.0 Å². The van der Waals surface area contributed by atoms with Gasteiger partial charge in [0, 0.05) is 19.6 Å². The van der Waals surface area contributed by atoms with E-state index in [9.17, 15) is 0 Å². The second kappa shape index (κ2) is 11.5. The molecule has 98 valence electrons. The maximum absolute atomic E-state index is 4.21. The van der Waals surface area contributed by atoms with Gasteiger partial charge in [-0.05, 0) is 19.3 Å². The molecule has 0 aromatic heterocycles. The molecule has 0 aliphatic rings. The Labute approximate surface area is 118 Å². The van der Waals surface area contributed by atoms with Crippen LogP contribution in [0.1, 0.15) is 47.0 Å². The number of halogens is 1. The molecule has 0 aromatic rings. The van der Waals surface area contributed by atoms with E-state index in [0.29, 0.717) is 6.04 Å². The smallest absolute Gasteiger partial charge is 0.191 e. The molecular formula is C12H28IN3. The van der Waals surface area contributed by atoms with Crippen LogP contribution >= 0.6 is 24.0 Å². The maximum atomic E-state index is 4.21. The summed E-state index contributed by atoms with van der Waals surface area (Å²) in [5.74, 6) is 1.68. The first-order valence-electron chi connectivity index (χ1n) is 6.14. The average molecular weight is 341 g/mol. The first-order chi connectivity index (χ1) is 7.17. The second-order valence-electron chi connectivity index (χ2n) is 4.09. The molecule has 0 aromatic carbocycles. The average Bonchev–Trinajstić information content (AvgIpc) is 2.28. The summed E-state index contributed by atoms with van der Waals surface area (Å²) in [5.41, 5.74) is 0. The summed E-state index contributed by atoms with van der Waals surface area (Å²) >= 11 is 0. The minimum absolute atomic E-state index is 0. The Kier molecular flexibility index (Phi) is 13.2. The molecule has 0 saturated carbocycles. The largest absolute Gasteiger partial charge is 0.356 e. The van der Waals surface area contributed by atoms with Crippen molar-refractivity contribution in [2.75, 3.05) is 13.6 Å². The van der Waals surface area contributed by atoms with Gasteiger partial charge in [0.15, 0.2) is 5.96 Å². The Morgan fingerprint density at radius 2 is 1.69 bits per heavy atom. The van der Waals surface area contributed by atoms with Crippen LogP contribution in [0.25, 0.3) is 0 Å². The number of aliphatic imine (C=N–C) groups is 1.